The van der Waals surface area contributed by atoms with Gasteiger partial charge in [-0.1, -0.05) is 120 Å². The highest BCUT2D eigenvalue weighted by atomic mass is 79.9. The lowest BCUT2D eigenvalue weighted by atomic mass is 9.85. The Morgan fingerprint density at radius 3 is 1.47 bits per heavy atom. The zero-order chi connectivity index (χ0) is 35.0. The van der Waals surface area contributed by atoms with Crippen molar-refractivity contribution in [3.05, 3.63) is 143 Å². The Hall–Kier alpha value is -5.12. The van der Waals surface area contributed by atoms with Gasteiger partial charge in [-0.3, -0.25) is 0 Å². The average molecular weight is 724 g/mol. The SMILES string of the molecule is CC(C)(C)c1ccc2c(c1)c1cc(C(C)(C)C)ccc1n2-c1cccc(-n2c3cccc4c3c3c5c(cccc5ccc32)-c2ccccc2-4)c1Br. The van der Waals surface area contributed by atoms with E-state index in [-0.39, 0.29) is 10.8 Å². The highest BCUT2D eigenvalue weighted by molar-refractivity contribution is 9.10. The molecular weight excluding hydrogens is 684 g/mol. The number of hydrogen-bond donors (Lipinski definition) is 0. The first kappa shape index (κ1) is 30.7. The van der Waals surface area contributed by atoms with E-state index in [2.05, 4.69) is 194 Å². The van der Waals surface area contributed by atoms with Crippen molar-refractivity contribution < 1.29 is 0 Å². The van der Waals surface area contributed by atoms with Gasteiger partial charge in [-0.25, -0.2) is 0 Å². The van der Waals surface area contributed by atoms with Crippen LogP contribution in [-0.2, 0) is 10.8 Å². The van der Waals surface area contributed by atoms with Crippen LogP contribution in [-0.4, -0.2) is 9.13 Å². The van der Waals surface area contributed by atoms with Crippen molar-refractivity contribution >= 4 is 70.3 Å². The van der Waals surface area contributed by atoms with E-state index in [0.717, 1.165) is 15.8 Å². The zero-order valence-electron chi connectivity index (χ0n) is 29.9. The Kier molecular flexibility index (Phi) is 6.29. The molecule has 0 aliphatic heterocycles. The number of fused-ring (bicyclic) bond motifs is 6. The summed E-state index contributed by atoms with van der Waals surface area (Å²) < 4.78 is 6.01. The fourth-order valence-corrected chi connectivity index (χ4v) is 9.28. The lowest BCUT2D eigenvalue weighted by Crippen LogP contribution is -2.10. The summed E-state index contributed by atoms with van der Waals surface area (Å²) in [5, 5.41) is 7.82. The maximum atomic E-state index is 4.24. The van der Waals surface area contributed by atoms with Crippen LogP contribution in [0.25, 0.3) is 88.0 Å². The molecule has 9 aromatic rings. The second-order valence-corrected chi connectivity index (χ2v) is 17.1. The third-order valence-electron chi connectivity index (χ3n) is 11.2. The molecular formula is C48H39BrN2. The minimum Gasteiger partial charge on any atom is -0.308 e. The minimum atomic E-state index is 0.0489. The predicted molar refractivity (Wildman–Crippen MR) is 222 cm³/mol. The summed E-state index contributed by atoms with van der Waals surface area (Å²) in [6, 6.07) is 48.0. The third-order valence-corrected chi connectivity index (χ3v) is 12.1. The molecule has 0 amide bonds. The molecule has 248 valence electrons. The molecule has 0 radical (unpaired) electrons. The van der Waals surface area contributed by atoms with Crippen LogP contribution in [0.15, 0.2) is 132 Å². The lowest BCUT2D eigenvalue weighted by Gasteiger charge is -2.19. The maximum absolute atomic E-state index is 4.24. The van der Waals surface area contributed by atoms with Crippen molar-refractivity contribution in [2.75, 3.05) is 0 Å². The topological polar surface area (TPSA) is 9.86 Å². The quantitative estimate of drug-likeness (QED) is 0.168. The van der Waals surface area contributed by atoms with Crippen LogP contribution in [0.4, 0.5) is 0 Å². The fraction of sp³-hybridized carbons (Fsp3) is 0.167. The standard InChI is InChI=1S/C48H39BrN2/c1-47(2,3)29-21-24-37-35(26-29)36-27-30(48(4,5)6)22-25-38(36)50(37)41-18-11-19-42(46(41)49)51-39-17-10-16-34-32-14-8-7-13-31(32)33-15-9-12-28-20-23-40(51)45(43(28)33)44(34)39/h7-27H,1-6H3. The summed E-state index contributed by atoms with van der Waals surface area (Å²) in [6.07, 6.45) is 0. The Morgan fingerprint density at radius 2 is 0.882 bits per heavy atom. The van der Waals surface area contributed by atoms with Crippen LogP contribution in [0.2, 0.25) is 0 Å². The van der Waals surface area contributed by atoms with Gasteiger partial charge in [0, 0.05) is 21.5 Å². The molecule has 0 unspecified atom stereocenters. The van der Waals surface area contributed by atoms with E-state index < -0.39 is 0 Å². The van der Waals surface area contributed by atoms with Gasteiger partial charge in [-0.2, -0.15) is 0 Å². The van der Waals surface area contributed by atoms with Gasteiger partial charge >= 0.3 is 0 Å². The van der Waals surface area contributed by atoms with E-state index in [4.69, 9.17) is 0 Å². The first-order valence-corrected chi connectivity index (χ1v) is 18.8. The smallest absolute Gasteiger partial charge is 0.0656 e. The van der Waals surface area contributed by atoms with Gasteiger partial charge in [0.1, 0.15) is 0 Å². The van der Waals surface area contributed by atoms with Crippen LogP contribution < -0.4 is 0 Å². The Labute approximate surface area is 307 Å². The summed E-state index contributed by atoms with van der Waals surface area (Å²) in [5.41, 5.74) is 15.1. The number of nitrogens with zero attached hydrogens (tertiary/aromatic N) is 2. The maximum Gasteiger partial charge on any atom is 0.0656 e. The highest BCUT2D eigenvalue weighted by Gasteiger charge is 2.27. The fourth-order valence-electron chi connectivity index (χ4n) is 8.66. The van der Waals surface area contributed by atoms with Gasteiger partial charge in [0.05, 0.1) is 37.9 Å². The van der Waals surface area contributed by atoms with E-state index in [9.17, 15) is 0 Å². The predicted octanol–water partition coefficient (Wildman–Crippen LogP) is 14.0. The summed E-state index contributed by atoms with van der Waals surface area (Å²) in [4.78, 5) is 0. The molecule has 1 aliphatic carbocycles. The van der Waals surface area contributed by atoms with Gasteiger partial charge in [-0.05, 0) is 119 Å². The monoisotopic (exact) mass is 722 g/mol. The van der Waals surface area contributed by atoms with Gasteiger partial charge in [0.15, 0.2) is 0 Å². The minimum absolute atomic E-state index is 0.0489. The van der Waals surface area contributed by atoms with Gasteiger partial charge in [0.25, 0.3) is 0 Å². The van der Waals surface area contributed by atoms with E-state index in [1.165, 1.54) is 87.8 Å². The van der Waals surface area contributed by atoms with Crippen LogP contribution in [0.3, 0.4) is 0 Å². The molecule has 10 rings (SSSR count). The Bertz CT molecular complexity index is 2870. The normalized spacial score (nSPS) is 13.0. The summed E-state index contributed by atoms with van der Waals surface area (Å²) in [5.74, 6) is 0. The first-order chi connectivity index (χ1) is 24.5. The Morgan fingerprint density at radius 1 is 0.412 bits per heavy atom. The van der Waals surface area contributed by atoms with Crippen molar-refractivity contribution in [1.82, 2.24) is 9.13 Å². The molecule has 2 heterocycles. The van der Waals surface area contributed by atoms with Crippen LogP contribution in [0.1, 0.15) is 52.7 Å². The van der Waals surface area contributed by atoms with Crippen molar-refractivity contribution in [2.24, 2.45) is 0 Å². The number of rotatable bonds is 2. The van der Waals surface area contributed by atoms with Crippen LogP contribution >= 0.6 is 15.9 Å². The molecule has 0 atom stereocenters. The third kappa shape index (κ3) is 4.28. The average Bonchev–Trinajstić information content (AvgIpc) is 3.58. The largest absolute Gasteiger partial charge is 0.308 e. The zero-order valence-corrected chi connectivity index (χ0v) is 31.5. The molecule has 0 N–H and O–H groups in total. The molecule has 2 nitrogen and oxygen atoms in total. The second-order valence-electron chi connectivity index (χ2n) is 16.4. The molecule has 7 aromatic carbocycles. The molecule has 0 bridgehead atoms. The van der Waals surface area contributed by atoms with Crippen LogP contribution in [0, 0.1) is 0 Å². The number of halogens is 1. The number of aromatic nitrogens is 2. The number of hydrogen-bond acceptors (Lipinski definition) is 0. The van der Waals surface area contributed by atoms with Crippen molar-refractivity contribution in [3.8, 4) is 33.6 Å². The lowest BCUT2D eigenvalue weighted by molar-refractivity contribution is 0.590. The summed E-state index contributed by atoms with van der Waals surface area (Å²) >= 11 is 4.24. The van der Waals surface area contributed by atoms with Crippen molar-refractivity contribution in [3.63, 3.8) is 0 Å². The second kappa shape index (κ2) is 10.5. The molecule has 3 heteroatoms. The van der Waals surface area contributed by atoms with Crippen LogP contribution in [0.5, 0.6) is 0 Å². The van der Waals surface area contributed by atoms with Gasteiger partial charge in [0.2, 0.25) is 0 Å². The van der Waals surface area contributed by atoms with E-state index in [1.54, 1.807) is 0 Å². The van der Waals surface area contributed by atoms with Gasteiger partial charge in [-0.15, -0.1) is 0 Å². The van der Waals surface area contributed by atoms with Crippen molar-refractivity contribution in [2.45, 2.75) is 52.4 Å². The first-order valence-electron chi connectivity index (χ1n) is 18.0. The molecule has 1 aliphatic rings. The molecule has 0 saturated heterocycles. The van der Waals surface area contributed by atoms with E-state index >= 15 is 0 Å². The van der Waals surface area contributed by atoms with E-state index in [0.29, 0.717) is 0 Å². The molecule has 0 saturated carbocycles. The van der Waals surface area contributed by atoms with Crippen molar-refractivity contribution in [1.29, 1.82) is 0 Å². The molecule has 2 aromatic heterocycles. The summed E-state index contributed by atoms with van der Waals surface area (Å²) in [6.45, 7) is 13.8. The number of benzene rings is 7. The highest BCUT2D eigenvalue weighted by Crippen LogP contribution is 2.50. The van der Waals surface area contributed by atoms with E-state index in [1.807, 2.05) is 0 Å². The molecule has 0 spiro atoms. The van der Waals surface area contributed by atoms with Gasteiger partial charge < -0.3 is 9.13 Å². The molecule has 51 heavy (non-hydrogen) atoms. The Balaban J connectivity index is 1.30. The molecule has 0 fully saturated rings. The summed E-state index contributed by atoms with van der Waals surface area (Å²) in [7, 11) is 0.